The third kappa shape index (κ3) is 5.31. The Bertz CT molecular complexity index is 1000. The lowest BCUT2D eigenvalue weighted by Gasteiger charge is -2.19. The van der Waals surface area contributed by atoms with Gasteiger partial charge in [-0.05, 0) is 26.0 Å². The highest BCUT2D eigenvalue weighted by molar-refractivity contribution is 7.90. The first-order valence-electron chi connectivity index (χ1n) is 8.80. The largest absolute Gasteiger partial charge is 0.481 e. The molecule has 12 nitrogen and oxygen atoms in total. The van der Waals surface area contributed by atoms with E-state index >= 15 is 0 Å². The Balaban J connectivity index is 2.27. The van der Waals surface area contributed by atoms with Gasteiger partial charge in [-0.15, -0.1) is 0 Å². The molecule has 2 aromatic heterocycles. The molecule has 0 saturated heterocycles. The minimum atomic E-state index is -4.48. The standard InChI is InChI=1S/C17H22N6O6S/c1-5-23(6-2)15(24)11-8-7-9-18-14(11)30(26,27)22-17(25)21-16-19-12(28-3)10-13(20-16)29-4/h7-10H,5-6H2,1-4H3,(H2,19,20,21,22,25). The summed E-state index contributed by atoms with van der Waals surface area (Å²) in [5.41, 5.74) is -0.152. The first-order chi connectivity index (χ1) is 14.2. The fraction of sp³-hybridized carbons (Fsp3) is 0.353. The summed E-state index contributed by atoms with van der Waals surface area (Å²) in [6.45, 7) is 4.29. The van der Waals surface area contributed by atoms with Crippen molar-refractivity contribution in [2.45, 2.75) is 18.9 Å². The Kier molecular flexibility index (Phi) is 7.47. The van der Waals surface area contributed by atoms with Crippen LogP contribution in [0.15, 0.2) is 29.4 Å². The maximum Gasteiger partial charge on any atom is 0.335 e. The van der Waals surface area contributed by atoms with Crippen LogP contribution in [0, 0.1) is 0 Å². The van der Waals surface area contributed by atoms with E-state index < -0.39 is 27.0 Å². The quantitative estimate of drug-likeness (QED) is 0.611. The maximum absolute atomic E-state index is 12.7. The number of ether oxygens (including phenoxy) is 2. The number of hydrogen-bond donors (Lipinski definition) is 2. The zero-order chi connectivity index (χ0) is 22.3. The lowest BCUT2D eigenvalue weighted by Crippen LogP contribution is -2.37. The lowest BCUT2D eigenvalue weighted by atomic mass is 10.2. The number of carbonyl (C=O) groups excluding carboxylic acids is 2. The lowest BCUT2D eigenvalue weighted by molar-refractivity contribution is 0.0768. The molecule has 162 valence electrons. The highest BCUT2D eigenvalue weighted by Gasteiger charge is 2.28. The summed E-state index contributed by atoms with van der Waals surface area (Å²) in [5.74, 6) is -0.581. The zero-order valence-corrected chi connectivity index (χ0v) is 17.7. The summed E-state index contributed by atoms with van der Waals surface area (Å²) in [6, 6.07) is 2.98. The van der Waals surface area contributed by atoms with Crippen molar-refractivity contribution in [2.24, 2.45) is 0 Å². The number of rotatable bonds is 8. The molecule has 30 heavy (non-hydrogen) atoms. The average Bonchev–Trinajstić information content (AvgIpc) is 2.73. The summed E-state index contributed by atoms with van der Waals surface area (Å²) >= 11 is 0. The van der Waals surface area contributed by atoms with Gasteiger partial charge in [0, 0.05) is 19.3 Å². The van der Waals surface area contributed by atoms with Gasteiger partial charge in [0.25, 0.3) is 15.9 Å². The van der Waals surface area contributed by atoms with Crippen molar-refractivity contribution in [1.82, 2.24) is 24.6 Å². The molecule has 0 unspecified atom stereocenters. The van der Waals surface area contributed by atoms with Crippen LogP contribution in [-0.4, -0.2) is 67.5 Å². The monoisotopic (exact) mass is 438 g/mol. The van der Waals surface area contributed by atoms with Crippen molar-refractivity contribution in [3.63, 3.8) is 0 Å². The van der Waals surface area contributed by atoms with Gasteiger partial charge in [-0.1, -0.05) is 0 Å². The van der Waals surface area contributed by atoms with Crippen LogP contribution in [-0.2, 0) is 10.0 Å². The second-order valence-corrected chi connectivity index (χ2v) is 7.27. The third-order valence-corrected chi connectivity index (χ3v) is 5.15. The fourth-order valence-corrected chi connectivity index (χ4v) is 3.45. The molecular formula is C17H22N6O6S. The Morgan fingerprint density at radius 3 is 2.23 bits per heavy atom. The van der Waals surface area contributed by atoms with Crippen LogP contribution in [0.5, 0.6) is 11.8 Å². The molecular weight excluding hydrogens is 416 g/mol. The number of hydrogen-bond acceptors (Lipinski definition) is 9. The van der Waals surface area contributed by atoms with Gasteiger partial charge in [0.15, 0.2) is 5.03 Å². The summed E-state index contributed by atoms with van der Waals surface area (Å²) in [7, 11) is -1.77. The Labute approximate surface area is 173 Å². The van der Waals surface area contributed by atoms with E-state index in [2.05, 4.69) is 20.3 Å². The van der Waals surface area contributed by atoms with Gasteiger partial charge in [-0.2, -0.15) is 18.4 Å². The number of nitrogens with zero attached hydrogens (tertiary/aromatic N) is 4. The smallest absolute Gasteiger partial charge is 0.335 e. The van der Waals surface area contributed by atoms with E-state index in [0.717, 1.165) is 0 Å². The SMILES string of the molecule is CCN(CC)C(=O)c1cccnc1S(=O)(=O)NC(=O)Nc1nc(OC)cc(OC)n1. The van der Waals surface area contributed by atoms with E-state index in [1.165, 1.54) is 43.5 Å². The average molecular weight is 438 g/mol. The Hall–Kier alpha value is -3.48. The second kappa shape index (κ2) is 9.82. The van der Waals surface area contributed by atoms with E-state index in [-0.39, 0.29) is 23.3 Å². The number of aromatic nitrogens is 3. The molecule has 2 N–H and O–H groups in total. The molecule has 0 aliphatic rings. The van der Waals surface area contributed by atoms with Crippen LogP contribution in [0.1, 0.15) is 24.2 Å². The minimum absolute atomic E-state index is 0.0943. The Morgan fingerprint density at radius 1 is 1.10 bits per heavy atom. The molecule has 2 aromatic rings. The third-order valence-electron chi connectivity index (χ3n) is 3.86. The maximum atomic E-state index is 12.7. The van der Waals surface area contributed by atoms with E-state index in [9.17, 15) is 18.0 Å². The number of amides is 3. The van der Waals surface area contributed by atoms with Crippen LogP contribution in [0.2, 0.25) is 0 Å². The van der Waals surface area contributed by atoms with Crippen LogP contribution >= 0.6 is 0 Å². The number of methoxy groups -OCH3 is 2. The number of carbonyl (C=O) groups is 2. The van der Waals surface area contributed by atoms with Gasteiger partial charge < -0.3 is 14.4 Å². The molecule has 0 aliphatic heterocycles. The van der Waals surface area contributed by atoms with Crippen LogP contribution in [0.3, 0.4) is 0 Å². The second-order valence-electron chi connectivity index (χ2n) is 5.67. The van der Waals surface area contributed by atoms with Crippen LogP contribution in [0.4, 0.5) is 10.7 Å². The molecule has 3 amide bonds. The van der Waals surface area contributed by atoms with Gasteiger partial charge in [0.05, 0.1) is 25.8 Å². The van der Waals surface area contributed by atoms with E-state index in [0.29, 0.717) is 13.1 Å². The molecule has 0 atom stereocenters. The van der Waals surface area contributed by atoms with Gasteiger partial charge in [0.2, 0.25) is 17.7 Å². The number of pyridine rings is 1. The van der Waals surface area contributed by atoms with Gasteiger partial charge in [0.1, 0.15) is 0 Å². The molecule has 0 saturated carbocycles. The highest BCUT2D eigenvalue weighted by Crippen LogP contribution is 2.18. The van der Waals surface area contributed by atoms with Gasteiger partial charge in [-0.25, -0.2) is 14.5 Å². The molecule has 0 aromatic carbocycles. The number of sulfonamides is 1. The van der Waals surface area contributed by atoms with E-state index in [1.54, 1.807) is 18.6 Å². The predicted molar refractivity (Wildman–Crippen MR) is 106 cm³/mol. The van der Waals surface area contributed by atoms with Crippen molar-refractivity contribution in [3.8, 4) is 11.8 Å². The van der Waals surface area contributed by atoms with Crippen molar-refractivity contribution in [3.05, 3.63) is 30.0 Å². The molecule has 0 spiro atoms. The topological polar surface area (TPSA) is 153 Å². The highest BCUT2D eigenvalue weighted by atomic mass is 32.2. The molecule has 0 fully saturated rings. The summed E-state index contributed by atoms with van der Waals surface area (Å²) in [6.07, 6.45) is 1.21. The molecule has 13 heteroatoms. The molecule has 2 heterocycles. The van der Waals surface area contributed by atoms with Crippen molar-refractivity contribution >= 4 is 27.9 Å². The number of urea groups is 1. The fourth-order valence-electron chi connectivity index (χ4n) is 2.42. The normalized spacial score (nSPS) is 10.8. The molecule has 0 radical (unpaired) electrons. The first kappa shape index (κ1) is 22.8. The van der Waals surface area contributed by atoms with E-state index in [4.69, 9.17) is 9.47 Å². The summed E-state index contributed by atoms with van der Waals surface area (Å²) in [4.78, 5) is 37.9. The summed E-state index contributed by atoms with van der Waals surface area (Å²) in [5, 5.41) is 1.61. The zero-order valence-electron chi connectivity index (χ0n) is 16.9. The molecule has 0 bridgehead atoms. The number of anilines is 1. The van der Waals surface area contributed by atoms with Gasteiger partial charge in [-0.3, -0.25) is 10.1 Å². The molecule has 0 aliphatic carbocycles. The predicted octanol–water partition coefficient (Wildman–Crippen LogP) is 0.881. The van der Waals surface area contributed by atoms with Crippen molar-refractivity contribution < 1.29 is 27.5 Å². The van der Waals surface area contributed by atoms with E-state index in [1.807, 2.05) is 0 Å². The minimum Gasteiger partial charge on any atom is -0.481 e. The van der Waals surface area contributed by atoms with Crippen molar-refractivity contribution in [2.75, 3.05) is 32.6 Å². The Morgan fingerprint density at radius 2 is 1.70 bits per heavy atom. The van der Waals surface area contributed by atoms with Crippen LogP contribution < -0.4 is 19.5 Å². The van der Waals surface area contributed by atoms with Gasteiger partial charge >= 0.3 is 6.03 Å². The van der Waals surface area contributed by atoms with Crippen molar-refractivity contribution in [1.29, 1.82) is 0 Å². The first-order valence-corrected chi connectivity index (χ1v) is 10.3. The number of nitrogens with one attached hydrogen (secondary N) is 2. The molecule has 2 rings (SSSR count). The van der Waals surface area contributed by atoms with Crippen LogP contribution in [0.25, 0.3) is 0 Å². The summed E-state index contributed by atoms with van der Waals surface area (Å²) < 4.78 is 37.1.